The molecule has 2 unspecified atom stereocenters. The van der Waals surface area contributed by atoms with Crippen molar-refractivity contribution in [2.75, 3.05) is 19.7 Å². The maximum atomic E-state index is 13.3. The zero-order valence-corrected chi connectivity index (χ0v) is 13.5. The number of likely N-dealkylation sites (tertiary alicyclic amines) is 1. The van der Waals surface area contributed by atoms with Crippen molar-refractivity contribution in [3.63, 3.8) is 0 Å². The van der Waals surface area contributed by atoms with Gasteiger partial charge in [-0.15, -0.1) is 0 Å². The number of aryl methyl sites for hydroxylation is 1. The summed E-state index contributed by atoms with van der Waals surface area (Å²) in [7, 11) is 0. The van der Waals surface area contributed by atoms with Crippen LogP contribution >= 0.6 is 0 Å². The van der Waals surface area contributed by atoms with E-state index in [1.807, 2.05) is 19.1 Å². The van der Waals surface area contributed by atoms with Gasteiger partial charge in [-0.2, -0.15) is 0 Å². The number of benzene rings is 1. The summed E-state index contributed by atoms with van der Waals surface area (Å²) in [5.74, 6) is -0.140. The van der Waals surface area contributed by atoms with E-state index < -0.39 is 0 Å². The Morgan fingerprint density at radius 1 is 1.36 bits per heavy atom. The number of ether oxygens (including phenoxy) is 1. The Morgan fingerprint density at radius 3 is 2.68 bits per heavy atom. The number of hydrogen-bond acceptors (Lipinski definition) is 3. The molecule has 1 N–H and O–H groups in total. The quantitative estimate of drug-likeness (QED) is 0.928. The SMILES string of the molecule is CCOC1CC(O)C12CCN(Cc1ccc(F)c(C)c1)CC2. The van der Waals surface area contributed by atoms with E-state index in [9.17, 15) is 9.50 Å². The predicted octanol–water partition coefficient (Wildman–Crippen LogP) is 2.89. The molecule has 1 saturated heterocycles. The molecule has 0 bridgehead atoms. The van der Waals surface area contributed by atoms with E-state index in [1.165, 1.54) is 0 Å². The molecule has 0 aromatic heterocycles. The van der Waals surface area contributed by atoms with Crippen LogP contribution in [0, 0.1) is 18.2 Å². The summed E-state index contributed by atoms with van der Waals surface area (Å²) in [6, 6.07) is 5.35. The molecule has 1 spiro atoms. The van der Waals surface area contributed by atoms with Crippen LogP contribution in [0.3, 0.4) is 0 Å². The van der Waals surface area contributed by atoms with Crippen molar-refractivity contribution in [1.82, 2.24) is 4.90 Å². The third kappa shape index (κ3) is 2.80. The fraction of sp³-hybridized carbons (Fsp3) is 0.667. The third-order valence-electron chi connectivity index (χ3n) is 5.53. The van der Waals surface area contributed by atoms with Crippen molar-refractivity contribution in [1.29, 1.82) is 0 Å². The Bertz CT molecular complexity index is 524. The van der Waals surface area contributed by atoms with E-state index >= 15 is 0 Å². The second-order valence-electron chi connectivity index (χ2n) is 6.79. The van der Waals surface area contributed by atoms with Crippen molar-refractivity contribution in [3.05, 3.63) is 35.1 Å². The van der Waals surface area contributed by atoms with Crippen LogP contribution in [0.1, 0.15) is 37.3 Å². The minimum absolute atomic E-state index is 0.0226. The van der Waals surface area contributed by atoms with Crippen molar-refractivity contribution < 1.29 is 14.2 Å². The van der Waals surface area contributed by atoms with Crippen molar-refractivity contribution in [2.45, 2.75) is 51.9 Å². The lowest BCUT2D eigenvalue weighted by Crippen LogP contribution is -2.62. The second-order valence-corrected chi connectivity index (χ2v) is 6.79. The van der Waals surface area contributed by atoms with Crippen LogP contribution in [0.2, 0.25) is 0 Å². The Balaban J connectivity index is 1.58. The van der Waals surface area contributed by atoms with Gasteiger partial charge in [-0.3, -0.25) is 4.90 Å². The van der Waals surface area contributed by atoms with Gasteiger partial charge in [0.15, 0.2) is 0 Å². The maximum Gasteiger partial charge on any atom is 0.126 e. The molecule has 2 fully saturated rings. The van der Waals surface area contributed by atoms with Gasteiger partial charge in [-0.05, 0) is 57.0 Å². The number of hydrogen-bond donors (Lipinski definition) is 1. The van der Waals surface area contributed by atoms with E-state index in [2.05, 4.69) is 4.90 Å². The molecule has 2 atom stereocenters. The van der Waals surface area contributed by atoms with E-state index in [0.717, 1.165) is 51.1 Å². The van der Waals surface area contributed by atoms with Gasteiger partial charge in [-0.25, -0.2) is 4.39 Å². The first-order valence-electron chi connectivity index (χ1n) is 8.32. The van der Waals surface area contributed by atoms with Gasteiger partial charge in [0.05, 0.1) is 12.2 Å². The fourth-order valence-corrected chi connectivity index (χ4v) is 4.01. The molecule has 1 saturated carbocycles. The monoisotopic (exact) mass is 307 g/mol. The molecule has 3 rings (SSSR count). The number of rotatable bonds is 4. The van der Waals surface area contributed by atoms with Gasteiger partial charge in [0.1, 0.15) is 5.82 Å². The van der Waals surface area contributed by atoms with Crippen LogP contribution in [0.5, 0.6) is 0 Å². The highest BCUT2D eigenvalue weighted by atomic mass is 19.1. The maximum absolute atomic E-state index is 13.3. The van der Waals surface area contributed by atoms with Gasteiger partial charge in [0, 0.05) is 25.0 Å². The Morgan fingerprint density at radius 2 is 2.09 bits per heavy atom. The van der Waals surface area contributed by atoms with Crippen LogP contribution in [0.25, 0.3) is 0 Å². The number of nitrogens with zero attached hydrogens (tertiary/aromatic N) is 1. The first-order chi connectivity index (χ1) is 10.5. The standard InChI is InChI=1S/C18H26FNO2/c1-3-22-17-11-16(21)18(17)6-8-20(9-7-18)12-14-4-5-15(19)13(2)10-14/h4-5,10,16-17,21H,3,6-9,11-12H2,1-2H3. The topological polar surface area (TPSA) is 32.7 Å². The third-order valence-corrected chi connectivity index (χ3v) is 5.53. The Hall–Kier alpha value is -0.970. The average molecular weight is 307 g/mol. The van der Waals surface area contributed by atoms with E-state index in [4.69, 9.17) is 4.74 Å². The lowest BCUT2D eigenvalue weighted by molar-refractivity contribution is -0.209. The number of piperidine rings is 1. The molecule has 1 aromatic rings. The summed E-state index contributed by atoms with van der Waals surface area (Å²) in [6.45, 7) is 7.34. The fourth-order valence-electron chi connectivity index (χ4n) is 4.01. The van der Waals surface area contributed by atoms with Crippen LogP contribution in [0.4, 0.5) is 4.39 Å². The molecule has 4 heteroatoms. The first kappa shape index (κ1) is 15.9. The summed E-state index contributed by atoms with van der Waals surface area (Å²) in [6.07, 6.45) is 2.77. The lowest BCUT2D eigenvalue weighted by atomic mass is 9.58. The zero-order valence-electron chi connectivity index (χ0n) is 13.5. The van der Waals surface area contributed by atoms with Crippen LogP contribution in [0.15, 0.2) is 18.2 Å². The Kier molecular flexibility index (Phi) is 4.53. The largest absolute Gasteiger partial charge is 0.392 e. The van der Waals surface area contributed by atoms with E-state index in [-0.39, 0.29) is 23.4 Å². The molecular formula is C18H26FNO2. The number of aliphatic hydroxyl groups is 1. The molecule has 1 aliphatic carbocycles. The molecule has 3 nitrogen and oxygen atoms in total. The van der Waals surface area contributed by atoms with E-state index in [0.29, 0.717) is 5.56 Å². The Labute approximate surface area is 132 Å². The molecule has 22 heavy (non-hydrogen) atoms. The average Bonchev–Trinajstić information content (AvgIpc) is 2.52. The minimum Gasteiger partial charge on any atom is -0.392 e. The van der Waals surface area contributed by atoms with Gasteiger partial charge < -0.3 is 9.84 Å². The summed E-state index contributed by atoms with van der Waals surface area (Å²) >= 11 is 0. The smallest absolute Gasteiger partial charge is 0.126 e. The summed E-state index contributed by atoms with van der Waals surface area (Å²) < 4.78 is 19.1. The van der Waals surface area contributed by atoms with E-state index in [1.54, 1.807) is 13.0 Å². The van der Waals surface area contributed by atoms with Crippen molar-refractivity contribution in [2.24, 2.45) is 5.41 Å². The van der Waals surface area contributed by atoms with Gasteiger partial charge in [0.2, 0.25) is 0 Å². The molecule has 1 aromatic carbocycles. The van der Waals surface area contributed by atoms with Crippen molar-refractivity contribution >= 4 is 0 Å². The lowest BCUT2D eigenvalue weighted by Gasteiger charge is -2.56. The first-order valence-corrected chi connectivity index (χ1v) is 8.32. The van der Waals surface area contributed by atoms with Gasteiger partial charge >= 0.3 is 0 Å². The highest BCUT2D eigenvalue weighted by Gasteiger charge is 2.55. The second kappa shape index (κ2) is 6.26. The molecule has 1 aliphatic heterocycles. The van der Waals surface area contributed by atoms with Crippen LogP contribution in [-0.2, 0) is 11.3 Å². The van der Waals surface area contributed by atoms with Gasteiger partial charge in [-0.1, -0.05) is 12.1 Å². The molecule has 0 amide bonds. The highest BCUT2D eigenvalue weighted by molar-refractivity contribution is 5.24. The highest BCUT2D eigenvalue weighted by Crippen LogP contribution is 2.51. The zero-order chi connectivity index (χ0) is 15.7. The van der Waals surface area contributed by atoms with Crippen LogP contribution < -0.4 is 0 Å². The molecule has 2 aliphatic rings. The molecule has 0 radical (unpaired) electrons. The molecule has 122 valence electrons. The predicted molar refractivity (Wildman–Crippen MR) is 84.1 cm³/mol. The van der Waals surface area contributed by atoms with Crippen molar-refractivity contribution in [3.8, 4) is 0 Å². The summed E-state index contributed by atoms with van der Waals surface area (Å²) in [5, 5.41) is 10.2. The number of halogens is 1. The minimum atomic E-state index is -0.209. The normalized spacial score (nSPS) is 27.8. The summed E-state index contributed by atoms with van der Waals surface area (Å²) in [4.78, 5) is 2.39. The number of aliphatic hydroxyl groups excluding tert-OH is 1. The molecule has 1 heterocycles. The summed E-state index contributed by atoms with van der Waals surface area (Å²) in [5.41, 5.74) is 1.84. The van der Waals surface area contributed by atoms with Gasteiger partial charge in [0.25, 0.3) is 0 Å². The molecular weight excluding hydrogens is 281 g/mol. The van der Waals surface area contributed by atoms with Crippen LogP contribution in [-0.4, -0.2) is 41.9 Å².